The molecule has 66 heavy (non-hydrogen) atoms. The molecule has 0 radical (unpaired) electrons. The highest BCUT2D eigenvalue weighted by molar-refractivity contribution is 5.73. The second-order valence-corrected chi connectivity index (χ2v) is 18.2. The lowest BCUT2D eigenvalue weighted by Crippen LogP contribution is -1.97. The Labute approximate surface area is 395 Å². The first-order valence-electron chi connectivity index (χ1n) is 23.4. The molecule has 0 N–H and O–H groups in total. The van der Waals surface area contributed by atoms with Crippen molar-refractivity contribution in [3.05, 3.63) is 188 Å². The third-order valence-electron chi connectivity index (χ3n) is 12.2. The molecule has 338 valence electrons. The average molecular weight is 873 g/mol. The van der Waals surface area contributed by atoms with Crippen molar-refractivity contribution in [3.63, 3.8) is 0 Å². The van der Waals surface area contributed by atoms with Crippen LogP contribution in [-0.4, -0.2) is 29.9 Å². The summed E-state index contributed by atoms with van der Waals surface area (Å²) in [6.07, 6.45) is 16.0. The molecule has 0 saturated carbocycles. The van der Waals surface area contributed by atoms with Crippen LogP contribution in [0.4, 0.5) is 0 Å². The molecule has 0 fully saturated rings. The maximum absolute atomic E-state index is 4.71. The number of hydrogen-bond acceptors (Lipinski definition) is 6. The van der Waals surface area contributed by atoms with Crippen LogP contribution < -0.4 is 0 Å². The summed E-state index contributed by atoms with van der Waals surface area (Å²) in [6.45, 7) is 29.8. The van der Waals surface area contributed by atoms with E-state index in [1.54, 1.807) is 0 Å². The highest BCUT2D eigenvalue weighted by Crippen LogP contribution is 2.32. The minimum atomic E-state index is 0.802. The van der Waals surface area contributed by atoms with Crippen molar-refractivity contribution < 1.29 is 0 Å². The zero-order chi connectivity index (χ0) is 47.7. The SMILES string of the molecule is CCCc1cc(C)ccc1-c1cnc(-c2ccc(C)cc2CCC)nc1.Cc1cc(C)c(-c2cnc(-c3c(C)cc(C)cc3C)nc2)c(C)c1.Cc1ncc(-c2cc(C)c(C)cc2C)cn1. The molecule has 6 heteroatoms. The number of hydrogen-bond donors (Lipinski definition) is 0. The van der Waals surface area contributed by atoms with E-state index >= 15 is 0 Å². The zero-order valence-corrected chi connectivity index (χ0v) is 41.9. The van der Waals surface area contributed by atoms with Crippen molar-refractivity contribution in [1.82, 2.24) is 29.9 Å². The Bertz CT molecular complexity index is 2730. The minimum Gasteiger partial charge on any atom is -0.241 e. The monoisotopic (exact) mass is 873 g/mol. The predicted molar refractivity (Wildman–Crippen MR) is 278 cm³/mol. The molecule has 3 aromatic heterocycles. The Morgan fingerprint density at radius 1 is 0.318 bits per heavy atom. The fourth-order valence-electron chi connectivity index (χ4n) is 9.06. The van der Waals surface area contributed by atoms with Gasteiger partial charge in [-0.1, -0.05) is 122 Å². The fraction of sp³-hybridized carbons (Fsp3) is 0.300. The number of benzene rings is 5. The molecule has 0 spiro atoms. The summed E-state index contributed by atoms with van der Waals surface area (Å²) >= 11 is 0. The number of nitrogens with zero attached hydrogens (tertiary/aromatic N) is 6. The first-order valence-corrected chi connectivity index (χ1v) is 23.4. The summed E-state index contributed by atoms with van der Waals surface area (Å²) in [7, 11) is 0. The molecule has 6 nitrogen and oxygen atoms in total. The van der Waals surface area contributed by atoms with E-state index in [9.17, 15) is 0 Å². The Hall–Kier alpha value is -6.66. The second kappa shape index (κ2) is 22.0. The molecule has 0 aliphatic heterocycles. The lowest BCUT2D eigenvalue weighted by atomic mass is 9.95. The maximum Gasteiger partial charge on any atom is 0.159 e. The lowest BCUT2D eigenvalue weighted by molar-refractivity contribution is 0.918. The number of aromatic nitrogens is 6. The quantitative estimate of drug-likeness (QED) is 0.144. The van der Waals surface area contributed by atoms with Gasteiger partial charge < -0.3 is 0 Å². The Kier molecular flexibility index (Phi) is 16.3. The van der Waals surface area contributed by atoms with Gasteiger partial charge in [0, 0.05) is 65.0 Å². The Morgan fingerprint density at radius 2 is 0.727 bits per heavy atom. The predicted octanol–water partition coefficient (Wildman–Crippen LogP) is 15.4. The molecule has 0 amide bonds. The van der Waals surface area contributed by atoms with E-state index in [0.29, 0.717) is 0 Å². The largest absolute Gasteiger partial charge is 0.241 e. The minimum absolute atomic E-state index is 0.802. The van der Waals surface area contributed by atoms with Gasteiger partial charge in [0.25, 0.3) is 0 Å². The number of rotatable bonds is 9. The van der Waals surface area contributed by atoms with E-state index in [2.05, 4.69) is 183 Å². The molecule has 0 saturated heterocycles. The molecule has 3 heterocycles. The number of aryl methyl sites for hydroxylation is 14. The van der Waals surface area contributed by atoms with Crippen molar-refractivity contribution in [3.8, 4) is 56.2 Å². The van der Waals surface area contributed by atoms with E-state index in [1.807, 2.05) is 44.1 Å². The van der Waals surface area contributed by atoms with Crippen LogP contribution in [-0.2, 0) is 12.8 Å². The molecule has 8 aromatic rings. The summed E-state index contributed by atoms with van der Waals surface area (Å²) in [4.78, 5) is 27.2. The smallest absolute Gasteiger partial charge is 0.159 e. The van der Waals surface area contributed by atoms with Crippen LogP contribution in [0.5, 0.6) is 0 Å². The average Bonchev–Trinajstić information content (AvgIpc) is 3.26. The topological polar surface area (TPSA) is 77.3 Å². The standard InChI is InChI=1S/C24H28N2.C22H24N2.C14H16N2/c1-5-7-19-13-17(3)9-11-22(19)21-15-25-24(26-16-21)23-12-10-18(4)14-20(23)8-6-2;1-13-7-15(3)20(16(4)8-13)19-11-23-22(24-12-19)21-17(5)9-14(2)10-18(21)6;1-9-5-11(3)14(6-10(9)2)13-7-15-12(4)16-8-13/h9-16H,5-8H2,1-4H3;7-12H,1-6H3;5-8H,1-4H3. The van der Waals surface area contributed by atoms with Crippen molar-refractivity contribution >= 4 is 0 Å². The van der Waals surface area contributed by atoms with E-state index in [4.69, 9.17) is 9.97 Å². The van der Waals surface area contributed by atoms with Crippen LogP contribution in [0, 0.1) is 83.1 Å². The van der Waals surface area contributed by atoms with Gasteiger partial charge in [0.1, 0.15) is 5.82 Å². The third kappa shape index (κ3) is 12.0. The van der Waals surface area contributed by atoms with Crippen molar-refractivity contribution in [2.45, 2.75) is 123 Å². The van der Waals surface area contributed by atoms with Crippen LogP contribution in [0.3, 0.4) is 0 Å². The molecule has 0 aliphatic rings. The highest BCUT2D eigenvalue weighted by Gasteiger charge is 2.14. The van der Waals surface area contributed by atoms with Gasteiger partial charge in [-0.3, -0.25) is 0 Å². The normalized spacial score (nSPS) is 10.8. The highest BCUT2D eigenvalue weighted by atomic mass is 14.9. The molecule has 0 unspecified atom stereocenters. The van der Waals surface area contributed by atoms with Gasteiger partial charge in [0.2, 0.25) is 0 Å². The van der Waals surface area contributed by atoms with Gasteiger partial charge in [-0.25, -0.2) is 29.9 Å². The molecule has 8 rings (SSSR count). The summed E-state index contributed by atoms with van der Waals surface area (Å²) in [5.41, 5.74) is 26.1. The molecule has 0 aliphatic carbocycles. The first kappa shape index (κ1) is 48.8. The van der Waals surface area contributed by atoms with E-state index < -0.39 is 0 Å². The summed E-state index contributed by atoms with van der Waals surface area (Å²) < 4.78 is 0. The molecule has 0 atom stereocenters. The van der Waals surface area contributed by atoms with E-state index in [0.717, 1.165) is 71.0 Å². The Morgan fingerprint density at radius 3 is 1.24 bits per heavy atom. The summed E-state index contributed by atoms with van der Waals surface area (Å²) in [6, 6.07) is 26.4. The van der Waals surface area contributed by atoms with Gasteiger partial charge in [-0.15, -0.1) is 0 Å². The molecule has 5 aromatic carbocycles. The molecule has 0 bridgehead atoms. The van der Waals surface area contributed by atoms with Gasteiger partial charge >= 0.3 is 0 Å². The van der Waals surface area contributed by atoms with Crippen LogP contribution in [0.15, 0.2) is 110 Å². The van der Waals surface area contributed by atoms with Crippen molar-refractivity contribution in [2.75, 3.05) is 0 Å². The van der Waals surface area contributed by atoms with Gasteiger partial charge in [-0.2, -0.15) is 0 Å². The van der Waals surface area contributed by atoms with Gasteiger partial charge in [0.05, 0.1) is 0 Å². The van der Waals surface area contributed by atoms with Crippen LogP contribution in [0.1, 0.15) is 105 Å². The van der Waals surface area contributed by atoms with Gasteiger partial charge in [0.15, 0.2) is 11.6 Å². The van der Waals surface area contributed by atoms with Gasteiger partial charge in [-0.05, 0) is 163 Å². The van der Waals surface area contributed by atoms with Crippen molar-refractivity contribution in [2.24, 2.45) is 0 Å². The second-order valence-electron chi connectivity index (χ2n) is 18.2. The summed E-state index contributed by atoms with van der Waals surface area (Å²) in [5, 5.41) is 0. The van der Waals surface area contributed by atoms with E-state index in [-0.39, 0.29) is 0 Å². The summed E-state index contributed by atoms with van der Waals surface area (Å²) in [5.74, 6) is 2.43. The van der Waals surface area contributed by atoms with E-state index in [1.165, 1.54) is 89.0 Å². The first-order chi connectivity index (χ1) is 31.6. The fourth-order valence-corrected chi connectivity index (χ4v) is 9.06. The third-order valence-corrected chi connectivity index (χ3v) is 12.2. The maximum atomic E-state index is 4.71. The van der Waals surface area contributed by atoms with Crippen LogP contribution in [0.2, 0.25) is 0 Å². The van der Waals surface area contributed by atoms with Crippen LogP contribution in [0.25, 0.3) is 56.2 Å². The van der Waals surface area contributed by atoms with Crippen LogP contribution >= 0.6 is 0 Å². The lowest BCUT2D eigenvalue weighted by Gasteiger charge is -2.13. The Balaban J connectivity index is 0.000000168. The van der Waals surface area contributed by atoms with Crippen molar-refractivity contribution in [1.29, 1.82) is 0 Å². The molecular weight excluding hydrogens is 805 g/mol. The zero-order valence-electron chi connectivity index (χ0n) is 41.9. The molecular formula is C60H68N6.